The molecule has 1 aromatic heterocycles. The normalized spacial score (nSPS) is 11.5. The minimum Gasteiger partial charge on any atom is -0.495 e. The lowest BCUT2D eigenvalue weighted by Gasteiger charge is -2.12. The second-order valence-electron chi connectivity index (χ2n) is 7.09. The van der Waals surface area contributed by atoms with Crippen LogP contribution in [0, 0.1) is 0 Å². The lowest BCUT2D eigenvalue weighted by molar-refractivity contribution is 0.0955. The summed E-state index contributed by atoms with van der Waals surface area (Å²) in [7, 11) is -2.52. The molecule has 0 saturated heterocycles. The van der Waals surface area contributed by atoms with Gasteiger partial charge in [-0.3, -0.25) is 9.52 Å². The number of hydrazone groups is 1. The molecule has 0 aliphatic heterocycles. The van der Waals surface area contributed by atoms with Crippen LogP contribution < -0.4 is 14.9 Å². The average molecular weight is 495 g/mol. The van der Waals surface area contributed by atoms with Crippen molar-refractivity contribution in [1.29, 1.82) is 0 Å². The Hall–Kier alpha value is -3.95. The second kappa shape index (κ2) is 9.90. The van der Waals surface area contributed by atoms with Crippen LogP contribution in [-0.2, 0) is 10.0 Å². The highest BCUT2D eigenvalue weighted by atomic mass is 35.5. The number of rotatable bonds is 7. The SMILES string of the molecule is COc1ccccc1NS(=O)(=O)c1cccc(C(=O)N/N=C\c2cc3ccccc3nc2Cl)c1. The predicted octanol–water partition coefficient (Wildman–Crippen LogP) is 4.46. The summed E-state index contributed by atoms with van der Waals surface area (Å²) in [6.45, 7) is 0. The number of carbonyl (C=O) groups excluding carboxylic acids is 1. The van der Waals surface area contributed by atoms with Gasteiger partial charge in [0.05, 0.1) is 29.4 Å². The second-order valence-corrected chi connectivity index (χ2v) is 9.13. The van der Waals surface area contributed by atoms with Crippen molar-refractivity contribution in [3.63, 3.8) is 0 Å². The number of anilines is 1. The Morgan fingerprint density at radius 2 is 1.79 bits per heavy atom. The number of methoxy groups -OCH3 is 1. The molecule has 34 heavy (non-hydrogen) atoms. The molecule has 8 nitrogen and oxygen atoms in total. The van der Waals surface area contributed by atoms with Gasteiger partial charge in [-0.15, -0.1) is 0 Å². The Labute approximate surface area is 201 Å². The standard InChI is InChI=1S/C24H19ClN4O4S/c1-33-22-12-5-4-11-21(22)29-34(31,32)19-9-6-8-17(14-19)24(30)28-26-15-18-13-16-7-2-3-10-20(16)27-23(18)25/h2-15,29H,1H3,(H,28,30)/b26-15-. The smallest absolute Gasteiger partial charge is 0.271 e. The van der Waals surface area contributed by atoms with Gasteiger partial charge in [0.1, 0.15) is 10.9 Å². The van der Waals surface area contributed by atoms with Crippen molar-refractivity contribution in [3.05, 3.63) is 95.1 Å². The van der Waals surface area contributed by atoms with Gasteiger partial charge in [0, 0.05) is 16.5 Å². The minimum absolute atomic E-state index is 0.0863. The molecule has 0 aliphatic carbocycles. The fraction of sp³-hybridized carbons (Fsp3) is 0.0417. The molecule has 0 spiro atoms. The Morgan fingerprint density at radius 1 is 1.03 bits per heavy atom. The van der Waals surface area contributed by atoms with Crippen LogP contribution in [0.4, 0.5) is 5.69 Å². The molecule has 2 N–H and O–H groups in total. The van der Waals surface area contributed by atoms with Gasteiger partial charge in [-0.2, -0.15) is 5.10 Å². The number of hydrogen-bond donors (Lipinski definition) is 2. The molecule has 172 valence electrons. The van der Waals surface area contributed by atoms with E-state index in [2.05, 4.69) is 20.2 Å². The quantitative estimate of drug-likeness (QED) is 0.224. The summed E-state index contributed by atoms with van der Waals surface area (Å²) in [6.07, 6.45) is 1.38. The third-order valence-corrected chi connectivity index (χ3v) is 6.50. The van der Waals surface area contributed by atoms with Crippen LogP contribution in [0.15, 0.2) is 88.9 Å². The van der Waals surface area contributed by atoms with E-state index < -0.39 is 15.9 Å². The van der Waals surface area contributed by atoms with Gasteiger partial charge >= 0.3 is 0 Å². The monoisotopic (exact) mass is 494 g/mol. The highest BCUT2D eigenvalue weighted by molar-refractivity contribution is 7.92. The Kier molecular flexibility index (Phi) is 6.76. The number of hydrogen-bond acceptors (Lipinski definition) is 6. The van der Waals surface area contributed by atoms with Gasteiger partial charge in [0.15, 0.2) is 0 Å². The first-order valence-electron chi connectivity index (χ1n) is 10.0. The molecule has 3 aromatic carbocycles. The van der Waals surface area contributed by atoms with Crippen molar-refractivity contribution in [1.82, 2.24) is 10.4 Å². The first kappa shape index (κ1) is 23.2. The summed E-state index contributed by atoms with van der Waals surface area (Å²) in [5.41, 5.74) is 4.04. The highest BCUT2D eigenvalue weighted by Crippen LogP contribution is 2.26. The van der Waals surface area contributed by atoms with Crippen LogP contribution in [0.3, 0.4) is 0 Å². The Morgan fingerprint density at radius 3 is 2.62 bits per heavy atom. The predicted molar refractivity (Wildman–Crippen MR) is 132 cm³/mol. The molecule has 4 rings (SSSR count). The summed E-state index contributed by atoms with van der Waals surface area (Å²) < 4.78 is 33.3. The van der Waals surface area contributed by atoms with E-state index in [1.165, 1.54) is 37.6 Å². The van der Waals surface area contributed by atoms with E-state index >= 15 is 0 Å². The number of amides is 1. The first-order valence-corrected chi connectivity index (χ1v) is 11.9. The molecule has 1 amide bonds. The Bertz CT molecular complexity index is 1510. The fourth-order valence-corrected chi connectivity index (χ4v) is 4.47. The van der Waals surface area contributed by atoms with Gasteiger partial charge in [-0.25, -0.2) is 18.8 Å². The zero-order valence-corrected chi connectivity index (χ0v) is 19.5. The van der Waals surface area contributed by atoms with E-state index in [0.717, 1.165) is 10.9 Å². The zero-order chi connectivity index (χ0) is 24.1. The van der Waals surface area contributed by atoms with Crippen LogP contribution >= 0.6 is 11.6 Å². The van der Waals surface area contributed by atoms with E-state index in [-0.39, 0.29) is 21.3 Å². The number of nitrogens with one attached hydrogen (secondary N) is 2. The Balaban J connectivity index is 1.50. The van der Waals surface area contributed by atoms with Crippen molar-refractivity contribution >= 4 is 50.3 Å². The molecule has 0 saturated carbocycles. The minimum atomic E-state index is -3.97. The van der Waals surface area contributed by atoms with Crippen molar-refractivity contribution in [2.24, 2.45) is 5.10 Å². The molecule has 0 aliphatic rings. The van der Waals surface area contributed by atoms with Crippen molar-refractivity contribution in [2.45, 2.75) is 4.90 Å². The van der Waals surface area contributed by atoms with Crippen molar-refractivity contribution in [2.75, 3.05) is 11.8 Å². The molecule has 10 heteroatoms. The van der Waals surface area contributed by atoms with Crippen molar-refractivity contribution in [3.8, 4) is 5.75 Å². The molecule has 0 fully saturated rings. The number of ether oxygens (including phenoxy) is 1. The summed E-state index contributed by atoms with van der Waals surface area (Å²) in [6, 6.07) is 21.5. The number of halogens is 1. The average Bonchev–Trinajstić information content (AvgIpc) is 2.84. The molecular weight excluding hydrogens is 476 g/mol. The summed E-state index contributed by atoms with van der Waals surface area (Å²) in [4.78, 5) is 16.8. The fourth-order valence-electron chi connectivity index (χ4n) is 3.16. The number of aromatic nitrogens is 1. The van der Waals surface area contributed by atoms with E-state index in [9.17, 15) is 13.2 Å². The number of benzene rings is 3. The lowest BCUT2D eigenvalue weighted by atomic mass is 10.2. The molecule has 1 heterocycles. The van der Waals surface area contributed by atoms with Crippen LogP contribution in [0.5, 0.6) is 5.75 Å². The maximum atomic E-state index is 12.8. The number of carbonyl (C=O) groups is 1. The maximum Gasteiger partial charge on any atom is 0.271 e. The molecule has 4 aromatic rings. The summed E-state index contributed by atoms with van der Waals surface area (Å²) >= 11 is 6.20. The van der Waals surface area contributed by atoms with E-state index in [1.807, 2.05) is 24.3 Å². The maximum absolute atomic E-state index is 12.8. The number of pyridine rings is 1. The van der Waals surface area contributed by atoms with Gasteiger partial charge in [0.25, 0.3) is 15.9 Å². The van der Waals surface area contributed by atoms with Crippen molar-refractivity contribution < 1.29 is 17.9 Å². The van der Waals surface area contributed by atoms with Crippen LogP contribution in [-0.4, -0.2) is 32.6 Å². The number of sulfonamides is 1. The molecule has 0 atom stereocenters. The lowest BCUT2D eigenvalue weighted by Crippen LogP contribution is -2.19. The van der Waals surface area contributed by atoms with Crippen LogP contribution in [0.1, 0.15) is 15.9 Å². The third kappa shape index (κ3) is 5.16. The first-order chi connectivity index (χ1) is 16.4. The van der Waals surface area contributed by atoms with Gasteiger partial charge in [-0.1, -0.05) is 48.0 Å². The number of nitrogens with zero attached hydrogens (tertiary/aromatic N) is 2. The zero-order valence-electron chi connectivity index (χ0n) is 17.9. The molecular formula is C24H19ClN4O4S. The van der Waals surface area contributed by atoms with Gasteiger partial charge < -0.3 is 4.74 Å². The van der Waals surface area contributed by atoms with E-state index in [1.54, 1.807) is 30.3 Å². The van der Waals surface area contributed by atoms with Crippen LogP contribution in [0.2, 0.25) is 5.15 Å². The number of fused-ring (bicyclic) bond motifs is 1. The molecule has 0 unspecified atom stereocenters. The number of para-hydroxylation sites is 3. The topological polar surface area (TPSA) is 110 Å². The summed E-state index contributed by atoms with van der Waals surface area (Å²) in [5.74, 6) is -0.216. The third-order valence-electron chi connectivity index (χ3n) is 4.83. The van der Waals surface area contributed by atoms with Gasteiger partial charge in [-0.05, 0) is 42.5 Å². The summed E-state index contributed by atoms with van der Waals surface area (Å²) in [5, 5.41) is 5.06. The highest BCUT2D eigenvalue weighted by Gasteiger charge is 2.18. The van der Waals surface area contributed by atoms with Gasteiger partial charge in [0.2, 0.25) is 0 Å². The molecule has 0 radical (unpaired) electrons. The van der Waals surface area contributed by atoms with E-state index in [0.29, 0.717) is 11.3 Å². The van der Waals surface area contributed by atoms with Crippen LogP contribution in [0.25, 0.3) is 10.9 Å². The van der Waals surface area contributed by atoms with E-state index in [4.69, 9.17) is 16.3 Å². The largest absolute Gasteiger partial charge is 0.495 e. The molecule has 0 bridgehead atoms.